The van der Waals surface area contributed by atoms with Gasteiger partial charge >= 0.3 is 5.97 Å². The monoisotopic (exact) mass is 290 g/mol. The van der Waals surface area contributed by atoms with Gasteiger partial charge in [0.25, 0.3) is 0 Å². The van der Waals surface area contributed by atoms with Crippen LogP contribution in [0.1, 0.15) is 31.7 Å². The van der Waals surface area contributed by atoms with Gasteiger partial charge in [0.15, 0.2) is 5.54 Å². The molecule has 4 nitrogen and oxygen atoms in total. The van der Waals surface area contributed by atoms with Gasteiger partial charge in [-0.1, -0.05) is 36.8 Å². The van der Waals surface area contributed by atoms with Crippen LogP contribution in [0.4, 0.5) is 0 Å². The Hall–Kier alpha value is -1.39. The number of nitrogens with zero attached hydrogens (tertiary/aromatic N) is 1. The summed E-state index contributed by atoms with van der Waals surface area (Å²) in [5.74, 6) is -0.204. The average molecular weight is 290 g/mol. The zero-order chi connectivity index (χ0) is 15.3. The molecule has 0 saturated heterocycles. The van der Waals surface area contributed by atoms with Gasteiger partial charge in [0.1, 0.15) is 0 Å². The predicted molar refractivity (Wildman–Crippen MR) is 84.1 cm³/mol. The Kier molecular flexibility index (Phi) is 5.37. The van der Waals surface area contributed by atoms with Crippen molar-refractivity contribution in [3.63, 3.8) is 0 Å². The van der Waals surface area contributed by atoms with E-state index in [0.29, 0.717) is 19.2 Å². The van der Waals surface area contributed by atoms with Crippen molar-refractivity contribution < 1.29 is 9.53 Å². The van der Waals surface area contributed by atoms with Gasteiger partial charge in [-0.05, 0) is 39.4 Å². The molecular weight excluding hydrogens is 264 g/mol. The van der Waals surface area contributed by atoms with Crippen LogP contribution in [0.3, 0.4) is 0 Å². The third-order valence-electron chi connectivity index (χ3n) is 4.50. The molecule has 0 bridgehead atoms. The number of esters is 1. The normalized spacial score (nSPS) is 18.1. The number of carbonyl (C=O) groups is 1. The lowest BCUT2D eigenvalue weighted by molar-refractivity contribution is -0.153. The minimum atomic E-state index is -0.804. The van der Waals surface area contributed by atoms with Crippen LogP contribution in [0.15, 0.2) is 30.3 Å². The van der Waals surface area contributed by atoms with Crippen LogP contribution in [0.2, 0.25) is 0 Å². The van der Waals surface area contributed by atoms with E-state index in [1.54, 1.807) is 0 Å². The van der Waals surface area contributed by atoms with Gasteiger partial charge < -0.3 is 15.0 Å². The van der Waals surface area contributed by atoms with E-state index < -0.39 is 5.54 Å². The molecule has 1 N–H and O–H groups in total. The van der Waals surface area contributed by atoms with Crippen molar-refractivity contribution in [2.75, 3.05) is 27.2 Å². The van der Waals surface area contributed by atoms with Crippen LogP contribution in [0.5, 0.6) is 0 Å². The van der Waals surface area contributed by atoms with E-state index in [2.05, 4.69) is 17.3 Å². The molecule has 1 atom stereocenters. The molecule has 0 heterocycles. The van der Waals surface area contributed by atoms with Crippen molar-refractivity contribution >= 4 is 5.97 Å². The van der Waals surface area contributed by atoms with Gasteiger partial charge in [-0.15, -0.1) is 0 Å². The maximum absolute atomic E-state index is 12.6. The maximum Gasteiger partial charge on any atom is 0.332 e. The topological polar surface area (TPSA) is 41.6 Å². The van der Waals surface area contributed by atoms with E-state index in [0.717, 1.165) is 5.56 Å². The van der Waals surface area contributed by atoms with Crippen molar-refractivity contribution in [3.05, 3.63) is 35.9 Å². The minimum absolute atomic E-state index is 0.204. The SMILES string of the molecule is CCOC(=O)C(CN(C)C1CCC1)(NC)c1ccccc1. The number of benzene rings is 1. The van der Waals surface area contributed by atoms with Crippen LogP contribution in [-0.2, 0) is 15.1 Å². The van der Waals surface area contributed by atoms with E-state index in [9.17, 15) is 4.79 Å². The fourth-order valence-electron chi connectivity index (χ4n) is 2.91. The molecule has 1 aliphatic carbocycles. The van der Waals surface area contributed by atoms with E-state index in [-0.39, 0.29) is 5.97 Å². The highest BCUT2D eigenvalue weighted by Gasteiger charge is 2.42. The summed E-state index contributed by atoms with van der Waals surface area (Å²) in [6, 6.07) is 10.4. The zero-order valence-corrected chi connectivity index (χ0v) is 13.3. The Morgan fingerprint density at radius 3 is 2.52 bits per heavy atom. The summed E-state index contributed by atoms with van der Waals surface area (Å²) in [5.41, 5.74) is 0.152. The van der Waals surface area contributed by atoms with E-state index in [1.807, 2.05) is 44.3 Å². The number of hydrogen-bond acceptors (Lipinski definition) is 4. The lowest BCUT2D eigenvalue weighted by Gasteiger charge is -2.41. The molecule has 0 aliphatic heterocycles. The first-order valence-corrected chi connectivity index (χ1v) is 7.76. The van der Waals surface area contributed by atoms with Crippen molar-refractivity contribution in [2.24, 2.45) is 0 Å². The van der Waals surface area contributed by atoms with Gasteiger partial charge in [0, 0.05) is 12.6 Å². The summed E-state index contributed by atoms with van der Waals surface area (Å²) in [6.45, 7) is 2.86. The minimum Gasteiger partial charge on any atom is -0.464 e. The van der Waals surface area contributed by atoms with Crippen molar-refractivity contribution in [3.8, 4) is 0 Å². The second-order valence-electron chi connectivity index (χ2n) is 5.74. The molecule has 4 heteroatoms. The first-order valence-electron chi connectivity index (χ1n) is 7.76. The smallest absolute Gasteiger partial charge is 0.332 e. The summed E-state index contributed by atoms with van der Waals surface area (Å²) in [6.07, 6.45) is 3.72. The Morgan fingerprint density at radius 1 is 1.38 bits per heavy atom. The fourth-order valence-corrected chi connectivity index (χ4v) is 2.91. The highest BCUT2D eigenvalue weighted by atomic mass is 16.5. The highest BCUT2D eigenvalue weighted by molar-refractivity contribution is 5.83. The molecule has 1 fully saturated rings. The largest absolute Gasteiger partial charge is 0.464 e. The average Bonchev–Trinajstić information content (AvgIpc) is 2.44. The number of likely N-dealkylation sites (N-methyl/N-ethyl adjacent to an activating group) is 2. The molecule has 1 saturated carbocycles. The number of carbonyl (C=O) groups excluding carboxylic acids is 1. The van der Waals surface area contributed by atoms with Gasteiger partial charge in [0.2, 0.25) is 0 Å². The summed E-state index contributed by atoms with van der Waals surface area (Å²) in [5, 5.41) is 3.23. The number of nitrogens with one attached hydrogen (secondary N) is 1. The molecule has 1 unspecified atom stereocenters. The fraction of sp³-hybridized carbons (Fsp3) is 0.588. The number of rotatable bonds is 7. The second kappa shape index (κ2) is 7.05. The van der Waals surface area contributed by atoms with Gasteiger partial charge in [-0.3, -0.25) is 0 Å². The summed E-state index contributed by atoms with van der Waals surface area (Å²) >= 11 is 0. The third kappa shape index (κ3) is 3.27. The van der Waals surface area contributed by atoms with Crippen LogP contribution in [0, 0.1) is 0 Å². The number of ether oxygens (including phenoxy) is 1. The van der Waals surface area contributed by atoms with E-state index in [4.69, 9.17) is 4.74 Å². The molecule has 116 valence electrons. The first-order chi connectivity index (χ1) is 10.1. The quantitative estimate of drug-likeness (QED) is 0.781. The maximum atomic E-state index is 12.6. The summed E-state index contributed by atoms with van der Waals surface area (Å²) in [7, 11) is 3.93. The summed E-state index contributed by atoms with van der Waals surface area (Å²) < 4.78 is 5.36. The first kappa shape index (κ1) is 16.0. The van der Waals surface area contributed by atoms with Gasteiger partial charge in [0.05, 0.1) is 6.61 Å². The van der Waals surface area contributed by atoms with Crippen LogP contribution in [0.25, 0.3) is 0 Å². The van der Waals surface area contributed by atoms with Crippen molar-refractivity contribution in [2.45, 2.75) is 37.8 Å². The Balaban J connectivity index is 2.29. The van der Waals surface area contributed by atoms with Crippen LogP contribution in [-0.4, -0.2) is 44.2 Å². The predicted octanol–water partition coefficient (Wildman–Crippen LogP) is 2.15. The molecule has 21 heavy (non-hydrogen) atoms. The molecule has 0 radical (unpaired) electrons. The summed E-state index contributed by atoms with van der Waals surface area (Å²) in [4.78, 5) is 14.9. The molecule has 1 aliphatic rings. The standard InChI is InChI=1S/C17H26N2O2/c1-4-21-16(20)17(18-2,14-9-6-5-7-10-14)13-19(3)15-11-8-12-15/h5-7,9-10,15,18H,4,8,11-13H2,1-3H3. The lowest BCUT2D eigenvalue weighted by atomic mass is 9.86. The van der Waals surface area contributed by atoms with Crippen LogP contribution < -0.4 is 5.32 Å². The zero-order valence-electron chi connectivity index (χ0n) is 13.3. The molecule has 1 aromatic rings. The molecule has 1 aromatic carbocycles. The molecule has 0 aromatic heterocycles. The highest BCUT2D eigenvalue weighted by Crippen LogP contribution is 2.29. The third-order valence-corrected chi connectivity index (χ3v) is 4.50. The molecular formula is C17H26N2O2. The van der Waals surface area contributed by atoms with Gasteiger partial charge in [-0.25, -0.2) is 4.79 Å². The molecule has 0 spiro atoms. The second-order valence-corrected chi connectivity index (χ2v) is 5.74. The lowest BCUT2D eigenvalue weighted by Crippen LogP contribution is -2.57. The van der Waals surface area contributed by atoms with Crippen molar-refractivity contribution in [1.29, 1.82) is 0 Å². The van der Waals surface area contributed by atoms with Crippen molar-refractivity contribution in [1.82, 2.24) is 10.2 Å². The Morgan fingerprint density at radius 2 is 2.05 bits per heavy atom. The Labute approximate surface area is 127 Å². The van der Waals surface area contributed by atoms with E-state index in [1.165, 1.54) is 19.3 Å². The van der Waals surface area contributed by atoms with Gasteiger partial charge in [-0.2, -0.15) is 0 Å². The van der Waals surface area contributed by atoms with Crippen LogP contribution >= 0.6 is 0 Å². The Bertz CT molecular complexity index is 459. The molecule has 0 amide bonds. The van der Waals surface area contributed by atoms with E-state index >= 15 is 0 Å². The number of hydrogen-bond donors (Lipinski definition) is 1. The molecule has 2 rings (SSSR count).